The number of rotatable bonds is 5. The first-order valence-corrected chi connectivity index (χ1v) is 10.4. The zero-order valence-electron chi connectivity index (χ0n) is 16.5. The van der Waals surface area contributed by atoms with Crippen molar-refractivity contribution in [2.45, 2.75) is 13.1 Å². The highest BCUT2D eigenvalue weighted by Gasteiger charge is 2.19. The van der Waals surface area contributed by atoms with Gasteiger partial charge < -0.3 is 4.74 Å². The van der Waals surface area contributed by atoms with Gasteiger partial charge in [-0.15, -0.1) is 16.4 Å². The molecule has 5 aromatic rings. The van der Waals surface area contributed by atoms with Gasteiger partial charge in [0, 0.05) is 5.56 Å². The van der Waals surface area contributed by atoms with Crippen molar-refractivity contribution >= 4 is 27.3 Å². The average Bonchev–Trinajstić information content (AvgIpc) is 3.38. The molecule has 9 heteroatoms. The fourth-order valence-corrected chi connectivity index (χ4v) is 4.47. The van der Waals surface area contributed by atoms with Crippen LogP contribution in [0.2, 0.25) is 0 Å². The summed E-state index contributed by atoms with van der Waals surface area (Å²) in [6.45, 7) is 0.364. The molecule has 0 atom stereocenters. The molecule has 0 aliphatic heterocycles. The predicted molar refractivity (Wildman–Crippen MR) is 117 cm³/mol. The third-order valence-electron chi connectivity index (χ3n) is 5.15. The van der Waals surface area contributed by atoms with Gasteiger partial charge in [-0.05, 0) is 35.2 Å². The van der Waals surface area contributed by atoms with Gasteiger partial charge in [0.1, 0.15) is 16.3 Å². The van der Waals surface area contributed by atoms with Gasteiger partial charge in [-0.2, -0.15) is 0 Å². The number of aromatic nitrogens is 4. The quantitative estimate of drug-likeness (QED) is 0.425. The topological polar surface area (TPSA) is 70.5 Å². The summed E-state index contributed by atoms with van der Waals surface area (Å²) in [7, 11) is 1.57. The van der Waals surface area contributed by atoms with Crippen LogP contribution in [0.4, 0.5) is 4.39 Å². The van der Waals surface area contributed by atoms with Gasteiger partial charge in [0.2, 0.25) is 5.78 Å². The van der Waals surface area contributed by atoms with Crippen molar-refractivity contribution in [2.75, 3.05) is 7.11 Å². The van der Waals surface area contributed by atoms with Crippen molar-refractivity contribution in [2.24, 2.45) is 0 Å². The number of fused-ring (bicyclic) bond motifs is 3. The zero-order valence-corrected chi connectivity index (χ0v) is 17.3. The van der Waals surface area contributed by atoms with Gasteiger partial charge in [-0.1, -0.05) is 30.3 Å². The normalized spacial score (nSPS) is 11.4. The number of benzene rings is 2. The maximum atomic E-state index is 13.3. The second kappa shape index (κ2) is 7.51. The minimum Gasteiger partial charge on any atom is -0.496 e. The number of ether oxygens (including phenoxy) is 1. The van der Waals surface area contributed by atoms with E-state index in [1.165, 1.54) is 37.1 Å². The van der Waals surface area contributed by atoms with Gasteiger partial charge in [0.25, 0.3) is 5.56 Å². The second-order valence-corrected chi connectivity index (χ2v) is 7.96. The Hall–Kier alpha value is -3.72. The van der Waals surface area contributed by atoms with E-state index < -0.39 is 0 Å². The van der Waals surface area contributed by atoms with E-state index in [4.69, 9.17) is 4.74 Å². The van der Waals surface area contributed by atoms with Gasteiger partial charge >= 0.3 is 5.69 Å². The fraction of sp³-hybridized carbons (Fsp3) is 0.136. The van der Waals surface area contributed by atoms with Gasteiger partial charge in [-0.3, -0.25) is 9.36 Å². The lowest BCUT2D eigenvalue weighted by Crippen LogP contribution is -2.26. The van der Waals surface area contributed by atoms with Crippen LogP contribution in [0.1, 0.15) is 11.1 Å². The molecule has 3 aromatic heterocycles. The molecule has 0 saturated heterocycles. The summed E-state index contributed by atoms with van der Waals surface area (Å²) in [5, 5.41) is 6.25. The second-order valence-electron chi connectivity index (χ2n) is 7.04. The molecule has 156 valence electrons. The van der Waals surface area contributed by atoms with E-state index in [9.17, 15) is 14.0 Å². The monoisotopic (exact) mass is 436 g/mol. The summed E-state index contributed by atoms with van der Waals surface area (Å²) in [4.78, 5) is 26.5. The van der Waals surface area contributed by atoms with Crippen LogP contribution in [0.3, 0.4) is 0 Å². The van der Waals surface area contributed by atoms with Gasteiger partial charge in [-0.25, -0.2) is 18.3 Å². The molecule has 3 heterocycles. The smallest absolute Gasteiger partial charge is 0.352 e. The Bertz CT molecular complexity index is 1530. The van der Waals surface area contributed by atoms with Gasteiger partial charge in [0.15, 0.2) is 0 Å². The Labute approximate surface area is 179 Å². The van der Waals surface area contributed by atoms with E-state index >= 15 is 0 Å². The number of thiophene rings is 1. The molecular weight excluding hydrogens is 419 g/mol. The summed E-state index contributed by atoms with van der Waals surface area (Å²) in [6, 6.07) is 15.0. The van der Waals surface area contributed by atoms with Crippen molar-refractivity contribution in [1.29, 1.82) is 0 Å². The summed E-state index contributed by atoms with van der Waals surface area (Å²) >= 11 is 1.28. The summed E-state index contributed by atoms with van der Waals surface area (Å²) < 4.78 is 23.4. The van der Waals surface area contributed by atoms with Crippen LogP contribution in [-0.4, -0.2) is 25.9 Å². The average molecular weight is 436 g/mol. The maximum Gasteiger partial charge on any atom is 0.352 e. The highest BCUT2D eigenvalue weighted by atomic mass is 32.1. The van der Waals surface area contributed by atoms with Crippen molar-refractivity contribution in [3.05, 3.63) is 97.8 Å². The van der Waals surface area contributed by atoms with Gasteiger partial charge in [0.05, 0.1) is 25.7 Å². The Balaban J connectivity index is 1.72. The Morgan fingerprint density at radius 3 is 2.58 bits per heavy atom. The minimum atomic E-state index is -0.364. The number of methoxy groups -OCH3 is 1. The lowest BCUT2D eigenvalue weighted by Gasteiger charge is -2.11. The number of hydrogen-bond donors (Lipinski definition) is 0. The number of nitrogens with zero attached hydrogens (tertiary/aromatic N) is 4. The van der Waals surface area contributed by atoms with Crippen molar-refractivity contribution in [3.8, 4) is 5.75 Å². The molecule has 0 radical (unpaired) electrons. The number of hydrogen-bond acceptors (Lipinski definition) is 5. The first-order valence-electron chi connectivity index (χ1n) is 9.52. The Kier molecular flexibility index (Phi) is 4.67. The zero-order chi connectivity index (χ0) is 21.5. The molecule has 0 aliphatic rings. The van der Waals surface area contributed by atoms with E-state index in [0.29, 0.717) is 16.0 Å². The fourth-order valence-electron chi connectivity index (χ4n) is 3.65. The van der Waals surface area contributed by atoms with Crippen LogP contribution in [0.25, 0.3) is 16.0 Å². The molecule has 0 spiro atoms. The lowest BCUT2D eigenvalue weighted by molar-refractivity contribution is 0.408. The third-order valence-corrected chi connectivity index (χ3v) is 6.05. The lowest BCUT2D eigenvalue weighted by atomic mass is 10.2. The highest BCUT2D eigenvalue weighted by molar-refractivity contribution is 7.17. The van der Waals surface area contributed by atoms with Crippen LogP contribution in [0.15, 0.2) is 69.6 Å². The molecule has 0 saturated carbocycles. The largest absolute Gasteiger partial charge is 0.496 e. The predicted octanol–water partition coefficient (Wildman–Crippen LogP) is 3.12. The van der Waals surface area contributed by atoms with E-state index in [2.05, 4.69) is 5.10 Å². The molecule has 5 rings (SSSR count). The molecule has 2 aromatic carbocycles. The van der Waals surface area contributed by atoms with E-state index in [1.54, 1.807) is 30.7 Å². The molecule has 0 N–H and O–H groups in total. The van der Waals surface area contributed by atoms with Crippen LogP contribution in [0.5, 0.6) is 5.75 Å². The molecule has 0 unspecified atom stereocenters. The van der Waals surface area contributed by atoms with Crippen molar-refractivity contribution < 1.29 is 9.13 Å². The number of halogens is 1. The van der Waals surface area contributed by atoms with E-state index in [0.717, 1.165) is 11.1 Å². The van der Waals surface area contributed by atoms with Crippen molar-refractivity contribution in [1.82, 2.24) is 18.7 Å². The third kappa shape index (κ3) is 3.23. The summed E-state index contributed by atoms with van der Waals surface area (Å²) in [6.07, 6.45) is 0. The SMILES string of the molecule is COc1ccccc1Cn1c(=O)c2sccc2n2c(=O)n(Cc3ccc(F)cc3)nc12. The highest BCUT2D eigenvalue weighted by Crippen LogP contribution is 2.21. The molecule has 31 heavy (non-hydrogen) atoms. The summed E-state index contributed by atoms with van der Waals surface area (Å²) in [5.74, 6) is 0.539. The molecule has 0 amide bonds. The standard InChI is InChI=1S/C22H17FN4O3S/c1-30-18-5-3-2-4-15(18)13-25-20(28)19-17(10-11-31-19)27-21(25)24-26(22(27)29)12-14-6-8-16(23)9-7-14/h2-11H,12-13H2,1H3. The number of para-hydroxylation sites is 1. The van der Waals surface area contributed by atoms with Crippen LogP contribution in [0, 0.1) is 5.82 Å². The van der Waals surface area contributed by atoms with Crippen LogP contribution < -0.4 is 16.0 Å². The minimum absolute atomic E-state index is 0.162. The van der Waals surface area contributed by atoms with E-state index in [1.807, 2.05) is 24.3 Å². The Morgan fingerprint density at radius 2 is 1.81 bits per heavy atom. The Morgan fingerprint density at radius 1 is 1.03 bits per heavy atom. The molecule has 0 aliphatic carbocycles. The first-order chi connectivity index (χ1) is 15.1. The van der Waals surface area contributed by atoms with Crippen LogP contribution >= 0.6 is 11.3 Å². The molecular formula is C22H17FN4O3S. The van der Waals surface area contributed by atoms with E-state index in [-0.39, 0.29) is 35.9 Å². The molecule has 0 bridgehead atoms. The summed E-state index contributed by atoms with van der Waals surface area (Å²) in [5.41, 5.74) is 1.47. The van der Waals surface area contributed by atoms with Crippen LogP contribution in [-0.2, 0) is 13.1 Å². The molecule has 7 nitrogen and oxygen atoms in total. The molecule has 0 fully saturated rings. The van der Waals surface area contributed by atoms with Crippen molar-refractivity contribution in [3.63, 3.8) is 0 Å². The maximum absolute atomic E-state index is 13.3. The first kappa shape index (κ1) is 19.3.